The Morgan fingerprint density at radius 1 is 1.03 bits per heavy atom. The molecule has 2 aliphatic heterocycles. The number of hydrogen-bond donors (Lipinski definition) is 0. The smallest absolute Gasteiger partial charge is 0.201 e. The lowest BCUT2D eigenvalue weighted by Crippen LogP contribution is -2.65. The molecule has 3 heterocycles. The molecular weight excluding hydrogens is 362 g/mol. The number of aromatic nitrogens is 1. The second-order valence-corrected chi connectivity index (χ2v) is 8.86. The maximum Gasteiger partial charge on any atom is 0.201 e. The molecule has 0 unspecified atom stereocenters. The highest BCUT2D eigenvalue weighted by molar-refractivity contribution is 6.02. The largest absolute Gasteiger partial charge is 0.375 e. The second-order valence-electron chi connectivity index (χ2n) is 8.86. The summed E-state index contributed by atoms with van der Waals surface area (Å²) in [7, 11) is 0. The van der Waals surface area contributed by atoms with E-state index in [1.807, 2.05) is 18.2 Å². The van der Waals surface area contributed by atoms with Crippen LogP contribution in [0, 0.1) is 0 Å². The summed E-state index contributed by atoms with van der Waals surface area (Å²) in [5.74, 6) is 0.144. The molecule has 0 bridgehead atoms. The van der Waals surface area contributed by atoms with Crippen molar-refractivity contribution in [2.45, 2.75) is 44.4 Å². The Bertz CT molecular complexity index is 817. The molecule has 1 atom stereocenters. The Hall–Kier alpha value is -2.08. The molecule has 0 spiro atoms. The SMILES string of the molecule is CC1(C)C[C@@](C(=O)c2ccccn2)(N2CCN(Cc3ccccc3)CC2)CCO1. The minimum Gasteiger partial charge on any atom is -0.375 e. The summed E-state index contributed by atoms with van der Waals surface area (Å²) in [5.41, 5.74) is 1.06. The van der Waals surface area contributed by atoms with Crippen molar-refractivity contribution in [3.8, 4) is 0 Å². The van der Waals surface area contributed by atoms with E-state index in [0.717, 1.165) is 39.1 Å². The number of pyridine rings is 1. The second kappa shape index (κ2) is 8.34. The Kier molecular flexibility index (Phi) is 5.81. The topological polar surface area (TPSA) is 45.7 Å². The number of piperazine rings is 1. The first-order valence-corrected chi connectivity index (χ1v) is 10.6. The van der Waals surface area contributed by atoms with E-state index in [1.54, 1.807) is 6.20 Å². The van der Waals surface area contributed by atoms with E-state index in [0.29, 0.717) is 18.7 Å². The van der Waals surface area contributed by atoms with E-state index in [2.05, 4.69) is 59.0 Å². The van der Waals surface area contributed by atoms with Gasteiger partial charge >= 0.3 is 0 Å². The molecule has 2 aliphatic rings. The van der Waals surface area contributed by atoms with Crippen LogP contribution in [0.15, 0.2) is 54.7 Å². The highest BCUT2D eigenvalue weighted by Crippen LogP contribution is 2.39. The van der Waals surface area contributed by atoms with Crippen molar-refractivity contribution in [1.29, 1.82) is 0 Å². The summed E-state index contributed by atoms with van der Waals surface area (Å²) in [6.07, 6.45) is 3.14. The van der Waals surface area contributed by atoms with Crippen LogP contribution in [0.2, 0.25) is 0 Å². The molecule has 1 aromatic carbocycles. The van der Waals surface area contributed by atoms with Crippen LogP contribution in [0.3, 0.4) is 0 Å². The lowest BCUT2D eigenvalue weighted by molar-refractivity contribution is -0.113. The fourth-order valence-electron chi connectivity index (χ4n) is 4.86. The Labute approximate surface area is 173 Å². The average Bonchev–Trinajstić information content (AvgIpc) is 2.74. The number of rotatable bonds is 5. The van der Waals surface area contributed by atoms with Crippen LogP contribution in [0.25, 0.3) is 0 Å². The molecule has 1 aromatic heterocycles. The molecule has 29 heavy (non-hydrogen) atoms. The van der Waals surface area contributed by atoms with Crippen LogP contribution in [0.5, 0.6) is 0 Å². The third kappa shape index (κ3) is 4.42. The summed E-state index contributed by atoms with van der Waals surface area (Å²) >= 11 is 0. The van der Waals surface area contributed by atoms with Crippen LogP contribution in [0.1, 0.15) is 42.7 Å². The first kappa shape index (κ1) is 20.2. The number of carbonyl (C=O) groups is 1. The zero-order valence-electron chi connectivity index (χ0n) is 17.5. The lowest BCUT2D eigenvalue weighted by Gasteiger charge is -2.52. The molecule has 5 heteroatoms. The number of carbonyl (C=O) groups excluding carboxylic acids is 1. The summed E-state index contributed by atoms with van der Waals surface area (Å²) in [6, 6.07) is 16.2. The van der Waals surface area contributed by atoms with E-state index in [1.165, 1.54) is 5.56 Å². The van der Waals surface area contributed by atoms with Crippen molar-refractivity contribution in [3.63, 3.8) is 0 Å². The third-order valence-electron chi connectivity index (χ3n) is 6.27. The molecule has 0 radical (unpaired) electrons. The van der Waals surface area contributed by atoms with Crippen molar-refractivity contribution in [2.24, 2.45) is 0 Å². The van der Waals surface area contributed by atoms with Crippen LogP contribution in [0.4, 0.5) is 0 Å². The minimum atomic E-state index is -0.533. The van der Waals surface area contributed by atoms with Gasteiger partial charge in [0.05, 0.1) is 11.1 Å². The number of ether oxygens (including phenoxy) is 1. The quantitative estimate of drug-likeness (QED) is 0.729. The Morgan fingerprint density at radius 2 is 1.76 bits per heavy atom. The van der Waals surface area contributed by atoms with Gasteiger partial charge in [-0.25, -0.2) is 0 Å². The van der Waals surface area contributed by atoms with Gasteiger partial charge < -0.3 is 4.74 Å². The van der Waals surface area contributed by atoms with Gasteiger partial charge in [0.25, 0.3) is 0 Å². The molecule has 2 saturated heterocycles. The number of nitrogens with zero attached hydrogens (tertiary/aromatic N) is 3. The van der Waals surface area contributed by atoms with Gasteiger partial charge in [-0.1, -0.05) is 36.4 Å². The Balaban J connectivity index is 1.52. The van der Waals surface area contributed by atoms with Gasteiger partial charge in [0, 0.05) is 51.9 Å². The number of benzene rings is 1. The summed E-state index contributed by atoms with van der Waals surface area (Å²) in [4.78, 5) is 23.0. The van der Waals surface area contributed by atoms with Crippen molar-refractivity contribution in [2.75, 3.05) is 32.8 Å². The maximum absolute atomic E-state index is 13.7. The summed E-state index contributed by atoms with van der Waals surface area (Å²) in [6.45, 7) is 9.47. The molecule has 2 fully saturated rings. The molecule has 0 saturated carbocycles. The average molecular weight is 394 g/mol. The van der Waals surface area contributed by atoms with E-state index < -0.39 is 5.54 Å². The van der Waals surface area contributed by atoms with Crippen molar-refractivity contribution in [3.05, 3.63) is 66.0 Å². The van der Waals surface area contributed by atoms with E-state index >= 15 is 0 Å². The zero-order chi connectivity index (χ0) is 20.3. The molecular formula is C24H31N3O2. The zero-order valence-corrected chi connectivity index (χ0v) is 17.5. The summed E-state index contributed by atoms with van der Waals surface area (Å²) in [5, 5.41) is 0. The van der Waals surface area contributed by atoms with Crippen LogP contribution in [-0.2, 0) is 11.3 Å². The van der Waals surface area contributed by atoms with Gasteiger partial charge in [0.2, 0.25) is 5.78 Å². The number of Topliss-reactive ketones (excluding diaryl/α,β-unsaturated/α-hetero) is 1. The number of ketones is 1. The van der Waals surface area contributed by atoms with E-state index in [-0.39, 0.29) is 11.4 Å². The maximum atomic E-state index is 13.7. The molecule has 4 rings (SSSR count). The third-order valence-corrected chi connectivity index (χ3v) is 6.27. The molecule has 154 valence electrons. The normalized spacial score (nSPS) is 25.6. The van der Waals surface area contributed by atoms with E-state index in [4.69, 9.17) is 4.74 Å². The Morgan fingerprint density at radius 3 is 2.41 bits per heavy atom. The van der Waals surface area contributed by atoms with Gasteiger partial charge in [-0.2, -0.15) is 0 Å². The van der Waals surface area contributed by atoms with Crippen molar-refractivity contribution >= 4 is 5.78 Å². The fourth-order valence-corrected chi connectivity index (χ4v) is 4.86. The van der Waals surface area contributed by atoms with E-state index in [9.17, 15) is 4.79 Å². The monoisotopic (exact) mass is 393 g/mol. The van der Waals surface area contributed by atoms with Crippen LogP contribution < -0.4 is 0 Å². The van der Waals surface area contributed by atoms with Gasteiger partial charge in [0.15, 0.2) is 0 Å². The molecule has 0 amide bonds. The first-order chi connectivity index (χ1) is 14.0. The predicted molar refractivity (Wildman–Crippen MR) is 114 cm³/mol. The van der Waals surface area contributed by atoms with Gasteiger partial charge in [-0.15, -0.1) is 0 Å². The highest BCUT2D eigenvalue weighted by Gasteiger charge is 2.51. The minimum absolute atomic E-state index is 0.144. The van der Waals surface area contributed by atoms with Gasteiger partial charge in [-0.3, -0.25) is 19.6 Å². The van der Waals surface area contributed by atoms with Crippen LogP contribution in [-0.4, -0.2) is 64.5 Å². The fraction of sp³-hybridized carbons (Fsp3) is 0.500. The lowest BCUT2D eigenvalue weighted by atomic mass is 9.75. The molecule has 5 nitrogen and oxygen atoms in total. The molecule has 0 N–H and O–H groups in total. The number of hydrogen-bond acceptors (Lipinski definition) is 5. The van der Waals surface area contributed by atoms with Gasteiger partial charge in [0.1, 0.15) is 5.69 Å². The van der Waals surface area contributed by atoms with Crippen LogP contribution >= 0.6 is 0 Å². The van der Waals surface area contributed by atoms with Gasteiger partial charge in [-0.05, 0) is 38.0 Å². The standard InChI is InChI=1S/C24H31N3O2/c1-23(2)19-24(11-17-29-23,22(28)21-10-6-7-12-25-21)27-15-13-26(14-16-27)18-20-8-4-3-5-9-20/h3-10,12H,11,13-19H2,1-2H3/t24-/m0/s1. The summed E-state index contributed by atoms with van der Waals surface area (Å²) < 4.78 is 5.99. The first-order valence-electron chi connectivity index (χ1n) is 10.6. The highest BCUT2D eigenvalue weighted by atomic mass is 16.5. The van der Waals surface area contributed by atoms with Crippen molar-refractivity contribution < 1.29 is 9.53 Å². The molecule has 2 aromatic rings. The predicted octanol–water partition coefficient (Wildman–Crippen LogP) is 3.41. The van der Waals surface area contributed by atoms with Crippen molar-refractivity contribution in [1.82, 2.24) is 14.8 Å². The molecule has 0 aliphatic carbocycles.